The van der Waals surface area contributed by atoms with Gasteiger partial charge < -0.3 is 5.32 Å². The van der Waals surface area contributed by atoms with Crippen molar-refractivity contribution in [1.82, 2.24) is 5.32 Å². The van der Waals surface area contributed by atoms with Crippen LogP contribution in [0.3, 0.4) is 0 Å². The Morgan fingerprint density at radius 2 is 1.76 bits per heavy atom. The van der Waals surface area contributed by atoms with Crippen molar-refractivity contribution >= 4 is 33.4 Å². The van der Waals surface area contributed by atoms with Gasteiger partial charge in [-0.15, -0.1) is 11.6 Å². The lowest BCUT2D eigenvalue weighted by atomic mass is 10.1. The van der Waals surface area contributed by atoms with Crippen LogP contribution < -0.4 is 5.32 Å². The van der Waals surface area contributed by atoms with E-state index in [0.717, 1.165) is 16.5 Å². The van der Waals surface area contributed by atoms with Crippen LogP contribution >= 0.6 is 27.5 Å². The van der Waals surface area contributed by atoms with E-state index in [1.165, 1.54) is 5.56 Å². The molecule has 2 rings (SSSR count). The lowest BCUT2D eigenvalue weighted by Crippen LogP contribution is -2.25. The number of alkyl halides is 1. The second-order valence-electron chi connectivity index (χ2n) is 4.87. The number of halogens is 2. The second kappa shape index (κ2) is 7.62. The molecule has 2 nitrogen and oxygen atoms in total. The third-order valence-electron chi connectivity index (χ3n) is 3.24. The Balaban J connectivity index is 1.83. The number of nitrogens with one attached hydrogen (secondary N) is 1. The minimum Gasteiger partial charge on any atom is -0.352 e. The summed E-state index contributed by atoms with van der Waals surface area (Å²) in [6, 6.07) is 15.5. The van der Waals surface area contributed by atoms with Gasteiger partial charge in [-0.1, -0.05) is 40.2 Å². The standard InChI is InChI=1S/C17H17BrClNO/c1-12(19)14-4-2-13(3-5-14)10-11-20-17(21)15-6-8-16(18)9-7-15/h2-9,12H,10-11H2,1H3,(H,20,21). The molecule has 0 aliphatic heterocycles. The van der Waals surface area contributed by atoms with Crippen LogP contribution in [0.25, 0.3) is 0 Å². The molecule has 0 aromatic heterocycles. The van der Waals surface area contributed by atoms with E-state index in [4.69, 9.17) is 11.6 Å². The van der Waals surface area contributed by atoms with Crippen LogP contribution in [0.1, 0.15) is 33.8 Å². The highest BCUT2D eigenvalue weighted by Crippen LogP contribution is 2.19. The monoisotopic (exact) mass is 365 g/mol. The van der Waals surface area contributed by atoms with Gasteiger partial charge in [0.15, 0.2) is 0 Å². The SMILES string of the molecule is CC(Cl)c1ccc(CCNC(=O)c2ccc(Br)cc2)cc1. The Labute approximate surface area is 138 Å². The van der Waals surface area contributed by atoms with Gasteiger partial charge in [0.2, 0.25) is 0 Å². The van der Waals surface area contributed by atoms with Gasteiger partial charge in [-0.2, -0.15) is 0 Å². The van der Waals surface area contributed by atoms with Crippen LogP contribution in [-0.4, -0.2) is 12.5 Å². The summed E-state index contributed by atoms with van der Waals surface area (Å²) in [5.41, 5.74) is 2.97. The van der Waals surface area contributed by atoms with Gasteiger partial charge in [0, 0.05) is 16.6 Å². The number of hydrogen-bond donors (Lipinski definition) is 1. The summed E-state index contributed by atoms with van der Waals surface area (Å²) in [6.45, 7) is 2.57. The Bertz CT molecular complexity index is 593. The maximum atomic E-state index is 11.9. The molecule has 21 heavy (non-hydrogen) atoms. The summed E-state index contributed by atoms with van der Waals surface area (Å²) in [7, 11) is 0. The Hall–Kier alpha value is -1.32. The third-order valence-corrected chi connectivity index (χ3v) is 4.03. The highest BCUT2D eigenvalue weighted by Gasteiger charge is 2.05. The predicted molar refractivity (Wildman–Crippen MR) is 90.9 cm³/mol. The molecule has 0 saturated carbocycles. The zero-order valence-electron chi connectivity index (χ0n) is 11.8. The number of amides is 1. The van der Waals surface area contributed by atoms with E-state index in [2.05, 4.69) is 33.4 Å². The molecule has 1 unspecified atom stereocenters. The van der Waals surface area contributed by atoms with Crippen LogP contribution in [0.4, 0.5) is 0 Å². The van der Waals surface area contributed by atoms with Gasteiger partial charge in [0.05, 0.1) is 5.38 Å². The van der Waals surface area contributed by atoms with E-state index < -0.39 is 0 Å². The fraction of sp³-hybridized carbons (Fsp3) is 0.235. The summed E-state index contributed by atoms with van der Waals surface area (Å²) in [5, 5.41) is 2.95. The van der Waals surface area contributed by atoms with E-state index in [9.17, 15) is 4.79 Å². The molecular weight excluding hydrogens is 350 g/mol. The lowest BCUT2D eigenvalue weighted by molar-refractivity contribution is 0.0954. The van der Waals surface area contributed by atoms with Crippen molar-refractivity contribution in [2.45, 2.75) is 18.7 Å². The molecule has 0 fully saturated rings. The van der Waals surface area contributed by atoms with Gasteiger partial charge in [-0.25, -0.2) is 0 Å². The highest BCUT2D eigenvalue weighted by molar-refractivity contribution is 9.10. The number of carbonyl (C=O) groups excluding carboxylic acids is 1. The number of carbonyl (C=O) groups is 1. The third kappa shape index (κ3) is 4.87. The van der Waals surface area contributed by atoms with Gasteiger partial charge in [0.25, 0.3) is 5.91 Å². The van der Waals surface area contributed by atoms with E-state index in [-0.39, 0.29) is 11.3 Å². The maximum Gasteiger partial charge on any atom is 0.251 e. The van der Waals surface area contributed by atoms with E-state index >= 15 is 0 Å². The van der Waals surface area contributed by atoms with Crippen LogP contribution in [0.5, 0.6) is 0 Å². The Morgan fingerprint density at radius 3 is 2.33 bits per heavy atom. The molecule has 2 aromatic rings. The van der Waals surface area contributed by atoms with Crippen LogP contribution in [0.2, 0.25) is 0 Å². The maximum absolute atomic E-state index is 11.9. The first-order chi connectivity index (χ1) is 10.1. The molecule has 110 valence electrons. The molecule has 1 atom stereocenters. The van der Waals surface area contributed by atoms with Gasteiger partial charge in [-0.05, 0) is 48.7 Å². The largest absolute Gasteiger partial charge is 0.352 e. The zero-order chi connectivity index (χ0) is 15.2. The molecule has 0 radical (unpaired) electrons. The number of rotatable bonds is 5. The first-order valence-electron chi connectivity index (χ1n) is 6.83. The van der Waals surface area contributed by atoms with Crippen molar-refractivity contribution < 1.29 is 4.79 Å². The van der Waals surface area contributed by atoms with E-state index in [0.29, 0.717) is 12.1 Å². The topological polar surface area (TPSA) is 29.1 Å². The van der Waals surface area contributed by atoms with Gasteiger partial charge >= 0.3 is 0 Å². The van der Waals surface area contributed by atoms with Crippen molar-refractivity contribution in [3.63, 3.8) is 0 Å². The van der Waals surface area contributed by atoms with Crippen molar-refractivity contribution in [3.05, 3.63) is 69.7 Å². The molecule has 0 saturated heterocycles. The first-order valence-corrected chi connectivity index (χ1v) is 8.06. The van der Waals surface area contributed by atoms with Crippen molar-refractivity contribution in [2.24, 2.45) is 0 Å². The average molecular weight is 367 g/mol. The molecule has 2 aromatic carbocycles. The average Bonchev–Trinajstić information content (AvgIpc) is 2.48. The summed E-state index contributed by atoms with van der Waals surface area (Å²) < 4.78 is 0.965. The van der Waals surface area contributed by atoms with Crippen molar-refractivity contribution in [3.8, 4) is 0 Å². The van der Waals surface area contributed by atoms with Crippen molar-refractivity contribution in [2.75, 3.05) is 6.54 Å². The fourth-order valence-electron chi connectivity index (χ4n) is 1.97. The Morgan fingerprint density at radius 1 is 1.14 bits per heavy atom. The lowest BCUT2D eigenvalue weighted by Gasteiger charge is -2.07. The van der Waals surface area contributed by atoms with Gasteiger partial charge in [-0.3, -0.25) is 4.79 Å². The smallest absolute Gasteiger partial charge is 0.251 e. The summed E-state index contributed by atoms with van der Waals surface area (Å²) in [4.78, 5) is 11.9. The van der Waals surface area contributed by atoms with E-state index in [1.807, 2.05) is 31.2 Å². The first kappa shape index (κ1) is 16.1. The van der Waals surface area contributed by atoms with E-state index in [1.54, 1.807) is 12.1 Å². The Kier molecular flexibility index (Phi) is 5.83. The molecule has 4 heteroatoms. The number of benzene rings is 2. The molecule has 0 spiro atoms. The zero-order valence-corrected chi connectivity index (χ0v) is 14.1. The van der Waals surface area contributed by atoms with Crippen LogP contribution in [0.15, 0.2) is 53.0 Å². The molecule has 0 heterocycles. The van der Waals surface area contributed by atoms with Gasteiger partial charge in [0.1, 0.15) is 0 Å². The fourth-order valence-corrected chi connectivity index (χ4v) is 2.38. The second-order valence-corrected chi connectivity index (χ2v) is 6.44. The minimum absolute atomic E-state index is 0.0242. The highest BCUT2D eigenvalue weighted by atomic mass is 79.9. The molecule has 0 aliphatic carbocycles. The number of hydrogen-bond acceptors (Lipinski definition) is 1. The van der Waals surface area contributed by atoms with Crippen molar-refractivity contribution in [1.29, 1.82) is 0 Å². The molecule has 0 bridgehead atoms. The quantitative estimate of drug-likeness (QED) is 0.762. The molecule has 0 aliphatic rings. The normalized spacial score (nSPS) is 12.0. The predicted octanol–water partition coefficient (Wildman–Crippen LogP) is 4.72. The molecular formula is C17H17BrClNO. The van der Waals surface area contributed by atoms with Crippen LogP contribution in [-0.2, 0) is 6.42 Å². The molecule has 1 N–H and O–H groups in total. The molecule has 1 amide bonds. The summed E-state index contributed by atoms with van der Waals surface area (Å²) >= 11 is 9.37. The summed E-state index contributed by atoms with van der Waals surface area (Å²) in [6.07, 6.45) is 0.805. The van der Waals surface area contributed by atoms with Crippen LogP contribution in [0, 0.1) is 0 Å². The summed E-state index contributed by atoms with van der Waals surface area (Å²) in [5.74, 6) is -0.0477. The minimum atomic E-state index is -0.0477.